The molecule has 1 saturated heterocycles. The highest BCUT2D eigenvalue weighted by atomic mass is 32.2. The number of thioether (sulfide) groups is 1. The highest BCUT2D eigenvalue weighted by Gasteiger charge is 2.24. The molecule has 3 rings (SSSR count). The van der Waals surface area contributed by atoms with Crippen LogP contribution in [0.4, 0.5) is 5.69 Å². The van der Waals surface area contributed by atoms with Gasteiger partial charge in [0.2, 0.25) is 0 Å². The third-order valence-corrected chi connectivity index (χ3v) is 4.74. The lowest BCUT2D eigenvalue weighted by atomic mass is 10.2. The highest BCUT2D eigenvalue weighted by Crippen LogP contribution is 2.24. The molecule has 102 valence electrons. The lowest BCUT2D eigenvalue weighted by Gasteiger charge is -2.37. The van der Waals surface area contributed by atoms with Crippen LogP contribution in [0.1, 0.15) is 12.6 Å². The second-order valence-corrected chi connectivity index (χ2v) is 6.59. The van der Waals surface area contributed by atoms with E-state index in [1.54, 1.807) is 0 Å². The molecular formula is C14H20N4S. The highest BCUT2D eigenvalue weighted by molar-refractivity contribution is 8.14. The van der Waals surface area contributed by atoms with Gasteiger partial charge in [0.1, 0.15) is 0 Å². The van der Waals surface area contributed by atoms with Crippen LogP contribution in [0.25, 0.3) is 0 Å². The normalized spacial score (nSPS) is 23.7. The van der Waals surface area contributed by atoms with Gasteiger partial charge in [-0.25, -0.2) is 0 Å². The largest absolute Gasteiger partial charge is 0.368 e. The second-order valence-electron chi connectivity index (χ2n) is 5.18. The average Bonchev–Trinajstić information content (AvgIpc) is 2.86. The van der Waals surface area contributed by atoms with E-state index in [1.165, 1.54) is 10.9 Å². The van der Waals surface area contributed by atoms with Crippen molar-refractivity contribution in [3.05, 3.63) is 24.0 Å². The molecular weight excluding hydrogens is 256 g/mol. The van der Waals surface area contributed by atoms with Crippen LogP contribution in [0.5, 0.6) is 0 Å². The van der Waals surface area contributed by atoms with Crippen LogP contribution < -0.4 is 4.90 Å². The molecule has 1 atom stereocenters. The summed E-state index contributed by atoms with van der Waals surface area (Å²) >= 11 is 1.92. The number of aromatic nitrogens is 1. The Balaban J connectivity index is 1.60. The van der Waals surface area contributed by atoms with Gasteiger partial charge in [-0.15, -0.1) is 0 Å². The van der Waals surface area contributed by atoms with Gasteiger partial charge in [0.15, 0.2) is 5.17 Å². The summed E-state index contributed by atoms with van der Waals surface area (Å²) in [6.07, 6.45) is 1.90. The van der Waals surface area contributed by atoms with Crippen LogP contribution in [0.15, 0.2) is 23.3 Å². The first-order chi connectivity index (χ1) is 9.22. The molecule has 2 aliphatic heterocycles. The van der Waals surface area contributed by atoms with Crippen molar-refractivity contribution in [1.29, 1.82) is 0 Å². The van der Waals surface area contributed by atoms with Gasteiger partial charge < -0.3 is 9.80 Å². The molecule has 5 heteroatoms. The summed E-state index contributed by atoms with van der Waals surface area (Å²) < 4.78 is 0. The molecule has 0 aliphatic carbocycles. The maximum Gasteiger partial charge on any atom is 0.159 e. The number of aryl methyl sites for hydroxylation is 1. The topological polar surface area (TPSA) is 31.7 Å². The van der Waals surface area contributed by atoms with Gasteiger partial charge in [-0.2, -0.15) is 0 Å². The number of pyridine rings is 1. The maximum absolute atomic E-state index is 4.63. The Morgan fingerprint density at radius 2 is 1.95 bits per heavy atom. The van der Waals surface area contributed by atoms with Crippen molar-refractivity contribution >= 4 is 22.6 Å². The smallest absolute Gasteiger partial charge is 0.159 e. The molecule has 0 bridgehead atoms. The molecule has 4 nitrogen and oxygen atoms in total. The Labute approximate surface area is 118 Å². The molecule has 0 amide bonds. The molecule has 0 aromatic carbocycles. The lowest BCUT2D eigenvalue weighted by Crippen LogP contribution is -2.47. The van der Waals surface area contributed by atoms with Crippen molar-refractivity contribution in [2.75, 3.05) is 37.6 Å². The van der Waals surface area contributed by atoms with Crippen molar-refractivity contribution < 1.29 is 0 Å². The van der Waals surface area contributed by atoms with E-state index in [0.717, 1.165) is 38.4 Å². The summed E-state index contributed by atoms with van der Waals surface area (Å²) in [4.78, 5) is 13.8. The Morgan fingerprint density at radius 1 is 1.21 bits per heavy atom. The molecule has 0 spiro atoms. The summed E-state index contributed by atoms with van der Waals surface area (Å²) in [5, 5.41) is 1.90. The average molecular weight is 276 g/mol. The predicted octanol–water partition coefficient (Wildman–Crippen LogP) is 2.00. The number of aliphatic imine (C=N–C) groups is 1. The number of hydrogen-bond donors (Lipinski definition) is 0. The number of anilines is 1. The number of hydrogen-bond acceptors (Lipinski definition) is 5. The second kappa shape index (κ2) is 5.41. The van der Waals surface area contributed by atoms with Gasteiger partial charge >= 0.3 is 0 Å². The van der Waals surface area contributed by atoms with Gasteiger partial charge in [-0.3, -0.25) is 9.98 Å². The van der Waals surface area contributed by atoms with Crippen molar-refractivity contribution in [1.82, 2.24) is 9.88 Å². The lowest BCUT2D eigenvalue weighted by molar-refractivity contribution is 0.392. The summed E-state index contributed by atoms with van der Waals surface area (Å²) in [6, 6.07) is 4.27. The third kappa shape index (κ3) is 2.86. The zero-order chi connectivity index (χ0) is 13.2. The summed E-state index contributed by atoms with van der Waals surface area (Å²) in [7, 11) is 0. The first-order valence-corrected chi connectivity index (χ1v) is 7.74. The Kier molecular flexibility index (Phi) is 3.64. The van der Waals surface area contributed by atoms with E-state index in [4.69, 9.17) is 0 Å². The Bertz CT molecular complexity index is 480. The maximum atomic E-state index is 4.63. The van der Waals surface area contributed by atoms with E-state index < -0.39 is 0 Å². The molecule has 0 saturated carbocycles. The van der Waals surface area contributed by atoms with Gasteiger partial charge in [0, 0.05) is 49.0 Å². The fraction of sp³-hybridized carbons (Fsp3) is 0.571. The summed E-state index contributed by atoms with van der Waals surface area (Å²) in [5.74, 6) is 0. The van der Waals surface area contributed by atoms with Crippen molar-refractivity contribution in [2.24, 2.45) is 4.99 Å². The number of piperazine rings is 1. The first-order valence-electron chi connectivity index (χ1n) is 6.86. The summed E-state index contributed by atoms with van der Waals surface area (Å²) in [5.41, 5.74) is 2.38. The zero-order valence-corrected chi connectivity index (χ0v) is 12.4. The first kappa shape index (κ1) is 12.8. The van der Waals surface area contributed by atoms with Gasteiger partial charge in [0.05, 0.1) is 6.54 Å². The van der Waals surface area contributed by atoms with Crippen LogP contribution in [-0.2, 0) is 0 Å². The van der Waals surface area contributed by atoms with Crippen LogP contribution in [0, 0.1) is 6.92 Å². The number of amidine groups is 1. The van der Waals surface area contributed by atoms with E-state index in [9.17, 15) is 0 Å². The predicted molar refractivity (Wildman–Crippen MR) is 82.1 cm³/mol. The summed E-state index contributed by atoms with van der Waals surface area (Å²) in [6.45, 7) is 9.54. The molecule has 2 aliphatic rings. The minimum Gasteiger partial charge on any atom is -0.368 e. The molecule has 1 aromatic rings. The SMILES string of the molecule is Cc1cc(N2CCN(C3=NCC(C)S3)CC2)ccn1. The Hall–Kier alpha value is -1.23. The van der Waals surface area contributed by atoms with Gasteiger partial charge in [-0.1, -0.05) is 18.7 Å². The van der Waals surface area contributed by atoms with Gasteiger partial charge in [0.25, 0.3) is 0 Å². The Morgan fingerprint density at radius 3 is 2.58 bits per heavy atom. The quantitative estimate of drug-likeness (QED) is 0.785. The van der Waals surface area contributed by atoms with Crippen LogP contribution in [0.2, 0.25) is 0 Å². The monoisotopic (exact) mass is 276 g/mol. The van der Waals surface area contributed by atoms with Crippen LogP contribution in [-0.4, -0.2) is 53.0 Å². The van der Waals surface area contributed by atoms with E-state index in [1.807, 2.05) is 24.9 Å². The van der Waals surface area contributed by atoms with Crippen molar-refractivity contribution in [2.45, 2.75) is 19.1 Å². The molecule has 0 radical (unpaired) electrons. The van der Waals surface area contributed by atoms with Crippen LogP contribution in [0.3, 0.4) is 0 Å². The van der Waals surface area contributed by atoms with Gasteiger partial charge in [-0.05, 0) is 19.1 Å². The fourth-order valence-electron chi connectivity index (χ4n) is 2.52. The van der Waals surface area contributed by atoms with E-state index in [-0.39, 0.29) is 0 Å². The molecule has 0 N–H and O–H groups in total. The number of rotatable bonds is 1. The molecule has 1 fully saturated rings. The van der Waals surface area contributed by atoms with E-state index in [0.29, 0.717) is 5.25 Å². The minimum absolute atomic E-state index is 0.649. The molecule has 1 unspecified atom stereocenters. The van der Waals surface area contributed by atoms with Crippen LogP contribution >= 0.6 is 11.8 Å². The van der Waals surface area contributed by atoms with E-state index in [2.05, 4.69) is 38.8 Å². The molecule has 19 heavy (non-hydrogen) atoms. The molecule has 1 aromatic heterocycles. The molecule has 3 heterocycles. The number of nitrogens with zero attached hydrogens (tertiary/aromatic N) is 4. The van der Waals surface area contributed by atoms with Crippen molar-refractivity contribution in [3.63, 3.8) is 0 Å². The minimum atomic E-state index is 0.649. The van der Waals surface area contributed by atoms with E-state index >= 15 is 0 Å². The fourth-order valence-corrected chi connectivity index (χ4v) is 3.51. The third-order valence-electron chi connectivity index (χ3n) is 3.59. The standard InChI is InChI=1S/C14H20N4S/c1-11-9-13(3-4-15-11)17-5-7-18(8-6-17)14-16-10-12(2)19-14/h3-4,9,12H,5-8,10H2,1-2H3. The zero-order valence-electron chi connectivity index (χ0n) is 11.5. The van der Waals surface area contributed by atoms with Crippen molar-refractivity contribution in [3.8, 4) is 0 Å².